The number of nitrogens with zero attached hydrogens (tertiary/aromatic N) is 1. The highest BCUT2D eigenvalue weighted by Gasteiger charge is 2.38. The largest absolute Gasteiger partial charge is 0.492 e. The van der Waals surface area contributed by atoms with Crippen LogP contribution in [0.5, 0.6) is 5.75 Å². The highest BCUT2D eigenvalue weighted by molar-refractivity contribution is 5.97. The van der Waals surface area contributed by atoms with E-state index in [0.717, 1.165) is 43.7 Å². The Bertz CT molecular complexity index is 586. The smallest absolute Gasteiger partial charge is 0.256 e. The molecule has 1 aliphatic heterocycles. The summed E-state index contributed by atoms with van der Waals surface area (Å²) in [4.78, 5) is 15.4. The predicted molar refractivity (Wildman–Crippen MR) is 113 cm³/mol. The lowest BCUT2D eigenvalue weighted by Crippen LogP contribution is -2.44. The van der Waals surface area contributed by atoms with E-state index in [2.05, 4.69) is 10.2 Å². The number of carbonyl (C=O) groups excluding carboxylic acids is 1. The van der Waals surface area contributed by atoms with E-state index in [9.17, 15) is 4.79 Å². The number of likely N-dealkylation sites (tertiary alicyclic amines) is 1. The van der Waals surface area contributed by atoms with E-state index in [-0.39, 0.29) is 5.91 Å². The molecule has 0 spiro atoms. The Morgan fingerprint density at radius 3 is 2.18 bits per heavy atom. The van der Waals surface area contributed by atoms with Crippen LogP contribution in [0.2, 0.25) is 0 Å². The summed E-state index contributed by atoms with van der Waals surface area (Å²) in [7, 11) is 1.66. The molecule has 5 heteroatoms. The van der Waals surface area contributed by atoms with Gasteiger partial charge in [0, 0.05) is 19.3 Å². The Hall–Kier alpha value is -1.59. The van der Waals surface area contributed by atoms with Gasteiger partial charge in [0.2, 0.25) is 0 Å². The Labute approximate surface area is 169 Å². The van der Waals surface area contributed by atoms with Gasteiger partial charge in [-0.25, -0.2) is 0 Å². The second-order valence-electron chi connectivity index (χ2n) is 8.20. The maximum atomic E-state index is 12.9. The number of amides is 1. The van der Waals surface area contributed by atoms with Gasteiger partial charge >= 0.3 is 0 Å². The number of hydrogen-bond acceptors (Lipinski definition) is 4. The van der Waals surface area contributed by atoms with Gasteiger partial charge in [-0.2, -0.15) is 0 Å². The van der Waals surface area contributed by atoms with Gasteiger partial charge < -0.3 is 14.8 Å². The summed E-state index contributed by atoms with van der Waals surface area (Å²) >= 11 is 0. The van der Waals surface area contributed by atoms with E-state index < -0.39 is 5.60 Å². The van der Waals surface area contributed by atoms with Gasteiger partial charge in [0.15, 0.2) is 0 Å². The molecule has 1 aromatic rings. The molecule has 0 radical (unpaired) electrons. The van der Waals surface area contributed by atoms with E-state index in [4.69, 9.17) is 9.47 Å². The van der Waals surface area contributed by atoms with E-state index in [1.165, 1.54) is 51.6 Å². The maximum absolute atomic E-state index is 12.9. The minimum absolute atomic E-state index is 0.0215. The molecule has 1 saturated heterocycles. The van der Waals surface area contributed by atoms with Crippen molar-refractivity contribution in [3.05, 3.63) is 24.3 Å². The van der Waals surface area contributed by atoms with Crippen molar-refractivity contribution < 1.29 is 14.3 Å². The van der Waals surface area contributed by atoms with Crippen molar-refractivity contribution in [1.29, 1.82) is 0 Å². The second kappa shape index (κ2) is 10.8. The molecular weight excluding hydrogens is 352 g/mol. The van der Waals surface area contributed by atoms with Gasteiger partial charge in [-0.3, -0.25) is 9.69 Å². The van der Waals surface area contributed by atoms with Gasteiger partial charge in [-0.1, -0.05) is 38.5 Å². The van der Waals surface area contributed by atoms with Crippen LogP contribution in [0.3, 0.4) is 0 Å². The van der Waals surface area contributed by atoms with Crippen molar-refractivity contribution in [3.63, 3.8) is 0 Å². The molecule has 3 rings (SSSR count). The topological polar surface area (TPSA) is 50.8 Å². The first-order chi connectivity index (χ1) is 13.7. The van der Waals surface area contributed by atoms with Crippen LogP contribution in [0.25, 0.3) is 0 Å². The summed E-state index contributed by atoms with van der Waals surface area (Å²) in [6, 6.07) is 7.70. The molecule has 2 aliphatic rings. The number of methoxy groups -OCH3 is 1. The zero-order valence-corrected chi connectivity index (χ0v) is 17.4. The zero-order chi connectivity index (χ0) is 19.7. The van der Waals surface area contributed by atoms with Gasteiger partial charge in [-0.05, 0) is 63.0 Å². The fraction of sp³-hybridized carbons (Fsp3) is 0.696. The summed E-state index contributed by atoms with van der Waals surface area (Å²) < 4.78 is 11.6. The van der Waals surface area contributed by atoms with Crippen LogP contribution in [0.4, 0.5) is 5.69 Å². The summed E-state index contributed by atoms with van der Waals surface area (Å²) in [5.41, 5.74) is 0.115. The first-order valence-corrected chi connectivity index (χ1v) is 11.0. The molecule has 0 atom stereocenters. The standard InChI is InChI=1S/C23H36N2O3/c1-27-23(14-6-2-3-7-15-23)22(26)24-20-10-12-21(13-11-20)28-19-18-25-16-8-4-5-9-17-25/h10-13H,2-9,14-19H2,1H3,(H,24,26). The molecule has 0 aromatic heterocycles. The SMILES string of the molecule is COC1(C(=O)Nc2ccc(OCCN3CCCCCC3)cc2)CCCCCC1. The average molecular weight is 389 g/mol. The number of rotatable bonds is 7. The van der Waals surface area contributed by atoms with Crippen LogP contribution >= 0.6 is 0 Å². The van der Waals surface area contributed by atoms with Crippen LogP contribution in [0, 0.1) is 0 Å². The van der Waals surface area contributed by atoms with Gasteiger partial charge in [0.1, 0.15) is 18.0 Å². The fourth-order valence-corrected chi connectivity index (χ4v) is 4.36. The van der Waals surface area contributed by atoms with Crippen molar-refractivity contribution >= 4 is 11.6 Å². The molecule has 0 unspecified atom stereocenters. The number of anilines is 1. The molecule has 2 fully saturated rings. The minimum Gasteiger partial charge on any atom is -0.492 e. The third kappa shape index (κ3) is 5.95. The first kappa shape index (κ1) is 21.1. The van der Waals surface area contributed by atoms with E-state index in [0.29, 0.717) is 6.61 Å². The third-order valence-electron chi connectivity index (χ3n) is 6.20. The molecule has 1 amide bonds. The van der Waals surface area contributed by atoms with E-state index in [1.54, 1.807) is 7.11 Å². The molecule has 28 heavy (non-hydrogen) atoms. The number of benzene rings is 1. The Morgan fingerprint density at radius 1 is 0.964 bits per heavy atom. The Kier molecular flexibility index (Phi) is 8.16. The molecule has 156 valence electrons. The maximum Gasteiger partial charge on any atom is 0.256 e. The lowest BCUT2D eigenvalue weighted by atomic mass is 9.93. The summed E-state index contributed by atoms with van der Waals surface area (Å²) in [6.07, 6.45) is 11.4. The van der Waals surface area contributed by atoms with Crippen molar-refractivity contribution in [2.24, 2.45) is 0 Å². The van der Waals surface area contributed by atoms with Crippen LogP contribution < -0.4 is 10.1 Å². The van der Waals surface area contributed by atoms with Gasteiger partial charge in [0.25, 0.3) is 5.91 Å². The molecule has 1 aliphatic carbocycles. The molecule has 1 heterocycles. The highest BCUT2D eigenvalue weighted by atomic mass is 16.5. The van der Waals surface area contributed by atoms with Crippen molar-refractivity contribution in [3.8, 4) is 5.75 Å². The van der Waals surface area contributed by atoms with Crippen molar-refractivity contribution in [2.45, 2.75) is 69.8 Å². The molecule has 1 N–H and O–H groups in total. The number of ether oxygens (including phenoxy) is 2. The zero-order valence-electron chi connectivity index (χ0n) is 17.4. The summed E-state index contributed by atoms with van der Waals surface area (Å²) in [6.45, 7) is 4.07. The number of carbonyl (C=O) groups is 1. The van der Waals surface area contributed by atoms with Crippen LogP contribution in [-0.4, -0.2) is 49.8 Å². The van der Waals surface area contributed by atoms with Crippen molar-refractivity contribution in [1.82, 2.24) is 4.90 Å². The first-order valence-electron chi connectivity index (χ1n) is 11.0. The summed E-state index contributed by atoms with van der Waals surface area (Å²) in [5.74, 6) is 0.829. The molecule has 0 bridgehead atoms. The molecule has 1 aromatic carbocycles. The molecule has 1 saturated carbocycles. The highest BCUT2D eigenvalue weighted by Crippen LogP contribution is 2.31. The second-order valence-corrected chi connectivity index (χ2v) is 8.20. The van der Waals surface area contributed by atoms with Gasteiger partial charge in [-0.15, -0.1) is 0 Å². The number of hydrogen-bond donors (Lipinski definition) is 1. The van der Waals surface area contributed by atoms with Crippen LogP contribution in [0.15, 0.2) is 24.3 Å². The monoisotopic (exact) mass is 388 g/mol. The summed E-state index contributed by atoms with van der Waals surface area (Å²) in [5, 5.41) is 3.05. The molecular formula is C23H36N2O3. The Morgan fingerprint density at radius 2 is 1.57 bits per heavy atom. The van der Waals surface area contributed by atoms with Gasteiger partial charge in [0.05, 0.1) is 0 Å². The lowest BCUT2D eigenvalue weighted by molar-refractivity contribution is -0.139. The Balaban J connectivity index is 1.47. The number of nitrogens with one attached hydrogen (secondary N) is 1. The quantitative estimate of drug-likeness (QED) is 0.693. The molecule has 5 nitrogen and oxygen atoms in total. The minimum atomic E-state index is -0.682. The average Bonchev–Trinajstić information content (AvgIpc) is 3.13. The normalized spacial score (nSPS) is 20.8. The predicted octanol–water partition coefficient (Wildman–Crippen LogP) is 4.62. The van der Waals surface area contributed by atoms with E-state index in [1.807, 2.05) is 24.3 Å². The fourth-order valence-electron chi connectivity index (χ4n) is 4.36. The van der Waals surface area contributed by atoms with Crippen LogP contribution in [0.1, 0.15) is 64.2 Å². The van der Waals surface area contributed by atoms with Crippen molar-refractivity contribution in [2.75, 3.05) is 38.7 Å². The third-order valence-corrected chi connectivity index (χ3v) is 6.20. The van der Waals surface area contributed by atoms with E-state index >= 15 is 0 Å². The van der Waals surface area contributed by atoms with Crippen LogP contribution in [-0.2, 0) is 9.53 Å². The lowest BCUT2D eigenvalue weighted by Gasteiger charge is -2.29.